The zero-order chi connectivity index (χ0) is 8.57. The molecule has 0 unspecified atom stereocenters. The summed E-state index contributed by atoms with van der Waals surface area (Å²) in [5.41, 5.74) is 0. The van der Waals surface area contributed by atoms with E-state index >= 15 is 0 Å². The number of hydrogen-bond acceptors (Lipinski definition) is 1. The normalized spacial score (nSPS) is 7.73. The fraction of sp³-hybridized carbons (Fsp3) is 0.750. The summed E-state index contributed by atoms with van der Waals surface area (Å²) < 4.78 is 0. The first-order chi connectivity index (χ1) is 4.50. The number of hydrogen-bond donors (Lipinski definition) is 1. The van der Waals surface area contributed by atoms with Gasteiger partial charge >= 0.3 is 5.97 Å². The van der Waals surface area contributed by atoms with E-state index in [-0.39, 0.29) is 18.6 Å². The van der Waals surface area contributed by atoms with Crippen LogP contribution in [0, 0.1) is 5.92 Å². The first-order valence-corrected chi connectivity index (χ1v) is 3.49. The topological polar surface area (TPSA) is 37.3 Å². The third-order valence-corrected chi connectivity index (χ3v) is 0.464. The van der Waals surface area contributed by atoms with E-state index in [1.165, 1.54) is 5.92 Å². The molecular weight excluding hydrogens is 179 g/mol. The molecule has 0 aliphatic rings. The van der Waals surface area contributed by atoms with E-state index in [4.69, 9.17) is 5.11 Å². The Morgan fingerprint density at radius 3 is 1.64 bits per heavy atom. The van der Waals surface area contributed by atoms with Crippen LogP contribution in [0.3, 0.4) is 0 Å². The number of carboxylic acids is 1. The van der Waals surface area contributed by atoms with Gasteiger partial charge in [0.25, 0.3) is 0 Å². The summed E-state index contributed by atoms with van der Waals surface area (Å²) >= 11 is 0. The third kappa shape index (κ3) is 69.9. The number of rotatable bonds is 2. The largest absolute Gasteiger partial charge is 0.481 e. The molecule has 1 radical (unpaired) electrons. The molecule has 0 aromatic carbocycles. The van der Waals surface area contributed by atoms with Crippen molar-refractivity contribution in [2.24, 2.45) is 0 Å². The minimum atomic E-state index is -0.711. The average Bonchev–Trinajstić information content (AvgIpc) is 1.62. The third-order valence-electron chi connectivity index (χ3n) is 0.464. The van der Waals surface area contributed by atoms with Crippen LogP contribution >= 0.6 is 0 Å². The van der Waals surface area contributed by atoms with Gasteiger partial charge in [0.1, 0.15) is 0 Å². The van der Waals surface area contributed by atoms with Crippen molar-refractivity contribution in [1.29, 1.82) is 0 Å². The van der Waals surface area contributed by atoms with Crippen molar-refractivity contribution in [1.82, 2.24) is 0 Å². The zero-order valence-corrected chi connectivity index (χ0v) is 9.11. The summed E-state index contributed by atoms with van der Waals surface area (Å²) in [4.78, 5) is 9.60. The number of aliphatic carboxylic acids is 1. The standard InChI is InChI=1S/C4H8O2.C4H9.V/c1-2-3-4(5)6;1-4(2)3;/h2-3H2,1H3,(H,5,6);1-3H3;/q;-1;. The van der Waals surface area contributed by atoms with Gasteiger partial charge in [-0.25, -0.2) is 0 Å². The Balaban J connectivity index is -0.000000114. The van der Waals surface area contributed by atoms with Crippen molar-refractivity contribution >= 4 is 5.97 Å². The Kier molecular flexibility index (Phi) is 19.9. The van der Waals surface area contributed by atoms with E-state index in [9.17, 15) is 4.79 Å². The molecule has 0 rings (SSSR count). The van der Waals surface area contributed by atoms with Crippen molar-refractivity contribution in [2.45, 2.75) is 40.5 Å². The molecule has 3 heteroatoms. The van der Waals surface area contributed by atoms with Crippen LogP contribution in [0.1, 0.15) is 40.5 Å². The van der Waals surface area contributed by atoms with Crippen molar-refractivity contribution in [3.63, 3.8) is 0 Å². The van der Waals surface area contributed by atoms with Crippen molar-refractivity contribution < 1.29 is 28.5 Å². The molecule has 0 amide bonds. The molecule has 0 bridgehead atoms. The second-order valence-corrected chi connectivity index (χ2v) is 2.64. The predicted molar refractivity (Wildman–Crippen MR) is 42.8 cm³/mol. The first-order valence-electron chi connectivity index (χ1n) is 3.49. The SMILES string of the molecule is CCCC(=O)O.C[C-](C)C.[V]. The summed E-state index contributed by atoms with van der Waals surface area (Å²) in [6.07, 6.45) is 1.02. The van der Waals surface area contributed by atoms with Crippen molar-refractivity contribution in [3.8, 4) is 0 Å². The van der Waals surface area contributed by atoms with Crippen LogP contribution < -0.4 is 0 Å². The van der Waals surface area contributed by atoms with Gasteiger partial charge in [0.2, 0.25) is 0 Å². The van der Waals surface area contributed by atoms with Gasteiger partial charge in [-0.1, -0.05) is 6.92 Å². The number of carboxylic acid groups (broad SMARTS) is 1. The molecule has 2 nitrogen and oxygen atoms in total. The summed E-state index contributed by atoms with van der Waals surface area (Å²) in [7, 11) is 0. The van der Waals surface area contributed by atoms with E-state index in [0.717, 1.165) is 6.42 Å². The predicted octanol–water partition coefficient (Wildman–Crippen LogP) is 2.49. The molecule has 1 N–H and O–H groups in total. The molecule has 0 spiro atoms. The molecule has 0 saturated heterocycles. The van der Waals surface area contributed by atoms with E-state index in [0.29, 0.717) is 6.42 Å². The Bertz CT molecular complexity index is 79.4. The van der Waals surface area contributed by atoms with Crippen LogP contribution in [0.5, 0.6) is 0 Å². The van der Waals surface area contributed by atoms with Crippen LogP contribution in [0.2, 0.25) is 0 Å². The quantitative estimate of drug-likeness (QED) is 0.689. The van der Waals surface area contributed by atoms with E-state index in [1.54, 1.807) is 0 Å². The van der Waals surface area contributed by atoms with Crippen LogP contribution in [-0.2, 0) is 23.4 Å². The smallest absolute Gasteiger partial charge is 0.303 e. The van der Waals surface area contributed by atoms with Crippen LogP contribution in [0.15, 0.2) is 0 Å². The average molecular weight is 196 g/mol. The maximum atomic E-state index is 9.60. The van der Waals surface area contributed by atoms with Gasteiger partial charge in [-0.3, -0.25) is 4.79 Å². The molecular formula is C8H17O2V-. The summed E-state index contributed by atoms with van der Waals surface area (Å²) in [5.74, 6) is 0.706. The minimum Gasteiger partial charge on any atom is -0.481 e. The molecule has 0 aliphatic carbocycles. The van der Waals surface area contributed by atoms with Crippen LogP contribution in [0.4, 0.5) is 0 Å². The molecule has 11 heavy (non-hydrogen) atoms. The monoisotopic (exact) mass is 196 g/mol. The Hall–Kier alpha value is 0.0544. The van der Waals surface area contributed by atoms with Gasteiger partial charge in [-0.2, -0.15) is 20.8 Å². The van der Waals surface area contributed by atoms with Gasteiger partial charge in [0, 0.05) is 25.0 Å². The molecule has 67 valence electrons. The fourth-order valence-electron chi connectivity index (χ4n) is 0.214. The van der Waals surface area contributed by atoms with Gasteiger partial charge in [-0.05, 0) is 6.42 Å². The second-order valence-electron chi connectivity index (χ2n) is 2.64. The Morgan fingerprint density at radius 2 is 1.64 bits per heavy atom. The van der Waals surface area contributed by atoms with E-state index < -0.39 is 5.97 Å². The van der Waals surface area contributed by atoms with Gasteiger partial charge in [0.05, 0.1) is 0 Å². The van der Waals surface area contributed by atoms with Gasteiger partial charge in [0.15, 0.2) is 0 Å². The first kappa shape index (κ1) is 17.2. The zero-order valence-electron chi connectivity index (χ0n) is 7.72. The Morgan fingerprint density at radius 1 is 1.36 bits per heavy atom. The molecule has 0 aromatic heterocycles. The summed E-state index contributed by atoms with van der Waals surface area (Å²) in [5, 5.41) is 7.91. The minimum absolute atomic E-state index is 0. The van der Waals surface area contributed by atoms with Crippen molar-refractivity contribution in [3.05, 3.63) is 5.92 Å². The summed E-state index contributed by atoms with van der Waals surface area (Å²) in [6.45, 7) is 8.09. The molecule has 0 heterocycles. The van der Waals surface area contributed by atoms with Gasteiger partial charge in [-0.15, -0.1) is 0 Å². The van der Waals surface area contributed by atoms with Crippen molar-refractivity contribution in [2.75, 3.05) is 0 Å². The second kappa shape index (κ2) is 12.7. The molecule has 0 saturated carbocycles. The van der Waals surface area contributed by atoms with E-state index in [1.807, 2.05) is 6.92 Å². The maximum Gasteiger partial charge on any atom is 0.303 e. The summed E-state index contributed by atoms with van der Waals surface area (Å²) in [6, 6.07) is 0. The van der Waals surface area contributed by atoms with E-state index in [2.05, 4.69) is 20.8 Å². The number of carbonyl (C=O) groups is 1. The Labute approximate surface area is 81.3 Å². The maximum absolute atomic E-state index is 9.60. The molecule has 0 aliphatic heterocycles. The van der Waals surface area contributed by atoms with Crippen LogP contribution in [0.25, 0.3) is 0 Å². The molecule has 0 fully saturated rings. The fourth-order valence-corrected chi connectivity index (χ4v) is 0.214. The van der Waals surface area contributed by atoms with Crippen LogP contribution in [-0.4, -0.2) is 11.1 Å². The molecule has 0 aromatic rings. The van der Waals surface area contributed by atoms with Gasteiger partial charge < -0.3 is 11.0 Å². The molecule has 0 atom stereocenters.